The van der Waals surface area contributed by atoms with Crippen molar-refractivity contribution in [2.24, 2.45) is 5.92 Å². The molecule has 0 aromatic heterocycles. The molecular formula is C20H20ClFN2O2. The van der Waals surface area contributed by atoms with Crippen molar-refractivity contribution in [2.45, 2.75) is 12.8 Å². The molecule has 2 aromatic rings. The molecule has 0 unspecified atom stereocenters. The third-order valence-electron chi connectivity index (χ3n) is 4.64. The first kappa shape index (κ1) is 18.4. The van der Waals surface area contributed by atoms with Gasteiger partial charge in [0.05, 0.1) is 5.56 Å². The van der Waals surface area contributed by atoms with Crippen LogP contribution in [0.2, 0.25) is 5.02 Å². The minimum atomic E-state index is -0.492. The van der Waals surface area contributed by atoms with Crippen LogP contribution >= 0.6 is 11.6 Å². The largest absolute Gasteiger partial charge is 0.352 e. The number of benzene rings is 2. The van der Waals surface area contributed by atoms with Gasteiger partial charge in [-0.3, -0.25) is 9.59 Å². The van der Waals surface area contributed by atoms with E-state index in [4.69, 9.17) is 11.6 Å². The first-order valence-corrected chi connectivity index (χ1v) is 9.00. The fourth-order valence-electron chi connectivity index (χ4n) is 3.11. The van der Waals surface area contributed by atoms with E-state index in [1.165, 1.54) is 12.1 Å². The van der Waals surface area contributed by atoms with Crippen LogP contribution in [0.15, 0.2) is 48.5 Å². The minimum absolute atomic E-state index is 0.111. The number of hydrogen-bond donors (Lipinski definition) is 1. The summed E-state index contributed by atoms with van der Waals surface area (Å²) in [6, 6.07) is 12.9. The van der Waals surface area contributed by atoms with E-state index in [1.807, 2.05) is 0 Å². The van der Waals surface area contributed by atoms with Crippen LogP contribution in [0.5, 0.6) is 0 Å². The number of halogens is 2. The number of carbonyl (C=O) groups excluding carboxylic acids is 2. The van der Waals surface area contributed by atoms with Gasteiger partial charge in [-0.1, -0.05) is 29.8 Å². The minimum Gasteiger partial charge on any atom is -0.352 e. The summed E-state index contributed by atoms with van der Waals surface area (Å²) in [6.07, 6.45) is 1.55. The predicted octanol–water partition coefficient (Wildman–Crippen LogP) is 3.76. The van der Waals surface area contributed by atoms with Gasteiger partial charge in [-0.25, -0.2) is 4.39 Å². The van der Waals surface area contributed by atoms with Gasteiger partial charge >= 0.3 is 0 Å². The lowest BCUT2D eigenvalue weighted by molar-refractivity contribution is 0.0679. The van der Waals surface area contributed by atoms with Crippen molar-refractivity contribution in [1.29, 1.82) is 0 Å². The second-order valence-electron chi connectivity index (χ2n) is 6.44. The summed E-state index contributed by atoms with van der Waals surface area (Å²) < 4.78 is 13.8. The van der Waals surface area contributed by atoms with Gasteiger partial charge < -0.3 is 10.2 Å². The van der Waals surface area contributed by atoms with Crippen LogP contribution in [0.1, 0.15) is 33.6 Å². The molecule has 4 nitrogen and oxygen atoms in total. The molecule has 0 radical (unpaired) electrons. The van der Waals surface area contributed by atoms with Crippen molar-refractivity contribution in [1.82, 2.24) is 10.2 Å². The van der Waals surface area contributed by atoms with Crippen molar-refractivity contribution >= 4 is 23.4 Å². The van der Waals surface area contributed by atoms with Gasteiger partial charge in [0.25, 0.3) is 11.8 Å². The van der Waals surface area contributed by atoms with Crippen LogP contribution < -0.4 is 5.32 Å². The van der Waals surface area contributed by atoms with E-state index in [0.717, 1.165) is 12.8 Å². The van der Waals surface area contributed by atoms with Crippen LogP contribution in [-0.2, 0) is 0 Å². The molecule has 1 aliphatic rings. The highest BCUT2D eigenvalue weighted by Gasteiger charge is 2.25. The molecular weight excluding hydrogens is 355 g/mol. The monoisotopic (exact) mass is 374 g/mol. The van der Waals surface area contributed by atoms with Crippen molar-refractivity contribution in [3.05, 3.63) is 70.5 Å². The Kier molecular flexibility index (Phi) is 5.89. The van der Waals surface area contributed by atoms with Gasteiger partial charge in [-0.2, -0.15) is 0 Å². The number of piperidine rings is 1. The Bertz CT molecular complexity index is 804. The fraction of sp³-hybridized carbons (Fsp3) is 0.300. The molecule has 136 valence electrons. The molecule has 0 bridgehead atoms. The van der Waals surface area contributed by atoms with E-state index in [0.29, 0.717) is 36.1 Å². The Morgan fingerprint density at radius 3 is 2.54 bits per heavy atom. The van der Waals surface area contributed by atoms with Crippen LogP contribution in [-0.4, -0.2) is 36.3 Å². The molecule has 2 aromatic carbocycles. The summed E-state index contributed by atoms with van der Waals surface area (Å²) in [7, 11) is 0. The average Bonchev–Trinajstić information content (AvgIpc) is 2.66. The summed E-state index contributed by atoms with van der Waals surface area (Å²) in [5.74, 6) is -0.627. The summed E-state index contributed by atoms with van der Waals surface area (Å²) in [4.78, 5) is 26.2. The lowest BCUT2D eigenvalue weighted by Gasteiger charge is -2.32. The van der Waals surface area contributed by atoms with Gasteiger partial charge in [0.1, 0.15) is 5.82 Å². The number of likely N-dealkylation sites (tertiary alicyclic amines) is 1. The Morgan fingerprint density at radius 1 is 1.12 bits per heavy atom. The number of carbonyl (C=O) groups is 2. The zero-order chi connectivity index (χ0) is 18.5. The Balaban J connectivity index is 1.49. The Labute approximate surface area is 157 Å². The van der Waals surface area contributed by atoms with Crippen molar-refractivity contribution in [3.8, 4) is 0 Å². The van der Waals surface area contributed by atoms with Crippen molar-refractivity contribution < 1.29 is 14.0 Å². The molecule has 0 atom stereocenters. The van der Waals surface area contributed by atoms with E-state index >= 15 is 0 Å². The zero-order valence-electron chi connectivity index (χ0n) is 14.3. The predicted molar refractivity (Wildman–Crippen MR) is 98.8 cm³/mol. The Hall–Kier alpha value is -2.40. The molecule has 26 heavy (non-hydrogen) atoms. The van der Waals surface area contributed by atoms with Gasteiger partial charge in [-0.15, -0.1) is 0 Å². The molecule has 1 N–H and O–H groups in total. The third kappa shape index (κ3) is 4.41. The van der Waals surface area contributed by atoms with Crippen LogP contribution in [0, 0.1) is 11.7 Å². The zero-order valence-corrected chi connectivity index (χ0v) is 15.0. The quantitative estimate of drug-likeness (QED) is 0.885. The average molecular weight is 375 g/mol. The lowest BCUT2D eigenvalue weighted by atomic mass is 9.96. The first-order valence-electron chi connectivity index (χ1n) is 8.62. The van der Waals surface area contributed by atoms with E-state index in [9.17, 15) is 14.0 Å². The summed E-state index contributed by atoms with van der Waals surface area (Å²) in [6.45, 7) is 1.67. The van der Waals surface area contributed by atoms with E-state index in [-0.39, 0.29) is 17.4 Å². The lowest BCUT2D eigenvalue weighted by Crippen LogP contribution is -2.41. The maximum Gasteiger partial charge on any atom is 0.256 e. The number of rotatable bonds is 4. The normalized spacial score (nSPS) is 14.9. The maximum absolute atomic E-state index is 13.8. The highest BCUT2D eigenvalue weighted by atomic mass is 35.5. The molecule has 2 amide bonds. The van der Waals surface area contributed by atoms with Crippen LogP contribution in [0.25, 0.3) is 0 Å². The number of hydrogen-bond acceptors (Lipinski definition) is 2. The Morgan fingerprint density at radius 2 is 1.85 bits per heavy atom. The van der Waals surface area contributed by atoms with E-state index in [1.54, 1.807) is 41.3 Å². The number of amides is 2. The second-order valence-corrected chi connectivity index (χ2v) is 6.87. The summed E-state index contributed by atoms with van der Waals surface area (Å²) >= 11 is 5.90. The smallest absolute Gasteiger partial charge is 0.256 e. The van der Waals surface area contributed by atoms with Gasteiger partial charge in [0.2, 0.25) is 0 Å². The summed E-state index contributed by atoms with van der Waals surface area (Å²) in [5.41, 5.74) is 0.643. The molecule has 1 saturated heterocycles. The molecule has 3 rings (SSSR count). The molecule has 0 aliphatic carbocycles. The molecule has 1 heterocycles. The maximum atomic E-state index is 13.8. The highest BCUT2D eigenvalue weighted by molar-refractivity contribution is 6.30. The van der Waals surface area contributed by atoms with Crippen LogP contribution in [0.3, 0.4) is 0 Å². The van der Waals surface area contributed by atoms with E-state index in [2.05, 4.69) is 5.32 Å². The molecule has 1 fully saturated rings. The second kappa shape index (κ2) is 8.32. The number of nitrogens with one attached hydrogen (secondary N) is 1. The van der Waals surface area contributed by atoms with Gasteiger partial charge in [0, 0.05) is 30.2 Å². The third-order valence-corrected chi connectivity index (χ3v) is 4.88. The topological polar surface area (TPSA) is 49.4 Å². The van der Waals surface area contributed by atoms with Crippen LogP contribution in [0.4, 0.5) is 4.39 Å². The molecule has 1 aliphatic heterocycles. The first-order chi connectivity index (χ1) is 12.5. The van der Waals surface area contributed by atoms with Gasteiger partial charge in [-0.05, 0) is 49.1 Å². The standard InChI is InChI=1S/C20H20ClFN2O2/c21-16-5-3-4-15(12-16)19(25)23-13-14-8-10-24(11-9-14)20(26)17-6-1-2-7-18(17)22/h1-7,12,14H,8-11,13H2,(H,23,25). The van der Waals surface area contributed by atoms with Crippen molar-refractivity contribution in [3.63, 3.8) is 0 Å². The SMILES string of the molecule is O=C(NCC1CCN(C(=O)c2ccccc2F)CC1)c1cccc(Cl)c1. The number of nitrogens with zero attached hydrogens (tertiary/aromatic N) is 1. The molecule has 0 saturated carbocycles. The fourth-order valence-corrected chi connectivity index (χ4v) is 3.30. The van der Waals surface area contributed by atoms with Gasteiger partial charge in [0.15, 0.2) is 0 Å². The summed E-state index contributed by atoms with van der Waals surface area (Å²) in [5, 5.41) is 3.45. The van der Waals surface area contributed by atoms with E-state index < -0.39 is 5.82 Å². The van der Waals surface area contributed by atoms with Crippen molar-refractivity contribution in [2.75, 3.05) is 19.6 Å². The molecule has 6 heteroatoms. The molecule has 0 spiro atoms. The highest BCUT2D eigenvalue weighted by Crippen LogP contribution is 2.20.